The number of carbonyl (C=O) groups excluding carboxylic acids is 1. The number of hydrogen-bond acceptors (Lipinski definition) is 4. The third-order valence-corrected chi connectivity index (χ3v) is 5.19. The zero-order chi connectivity index (χ0) is 21.7. The van der Waals surface area contributed by atoms with Crippen LogP contribution in [-0.2, 0) is 4.79 Å². The van der Waals surface area contributed by atoms with E-state index >= 15 is 0 Å². The van der Waals surface area contributed by atoms with Gasteiger partial charge in [-0.25, -0.2) is 0 Å². The minimum Gasteiger partial charge on any atom is -0.496 e. The van der Waals surface area contributed by atoms with E-state index in [2.05, 4.69) is 28.4 Å². The van der Waals surface area contributed by atoms with E-state index in [-0.39, 0.29) is 5.91 Å². The molecule has 0 radical (unpaired) electrons. The van der Waals surface area contributed by atoms with Crippen molar-refractivity contribution in [2.45, 2.75) is 20.3 Å². The van der Waals surface area contributed by atoms with E-state index in [1.165, 1.54) is 0 Å². The molecule has 0 bridgehead atoms. The first kappa shape index (κ1) is 21.7. The summed E-state index contributed by atoms with van der Waals surface area (Å²) in [5.74, 6) is 0.632. The molecule has 5 nitrogen and oxygen atoms in total. The van der Waals surface area contributed by atoms with Crippen LogP contribution >= 0.6 is 0 Å². The Balaban J connectivity index is 1.95. The Morgan fingerprint density at radius 3 is 2.63 bits per heavy atom. The van der Waals surface area contributed by atoms with E-state index in [9.17, 15) is 4.79 Å². The van der Waals surface area contributed by atoms with Crippen molar-refractivity contribution in [2.24, 2.45) is 0 Å². The van der Waals surface area contributed by atoms with Crippen LogP contribution in [0.15, 0.2) is 53.2 Å². The topological polar surface area (TPSA) is 54.7 Å². The number of furan rings is 1. The fourth-order valence-corrected chi connectivity index (χ4v) is 3.65. The van der Waals surface area contributed by atoms with Gasteiger partial charge in [-0.3, -0.25) is 4.79 Å². The Hall–Kier alpha value is -3.05. The number of ether oxygens (including phenoxy) is 1. The fourth-order valence-electron chi connectivity index (χ4n) is 3.65. The van der Waals surface area contributed by atoms with Crippen LogP contribution in [0, 0.1) is 6.92 Å². The van der Waals surface area contributed by atoms with Crippen molar-refractivity contribution >= 4 is 22.4 Å². The average molecular weight is 407 g/mol. The number of allylic oxidation sites excluding steroid dienone is 1. The predicted octanol–water partition coefficient (Wildman–Crippen LogP) is 4.89. The average Bonchev–Trinajstić information content (AvgIpc) is 3.16. The van der Waals surface area contributed by atoms with Crippen LogP contribution in [0.5, 0.6) is 5.75 Å². The van der Waals surface area contributed by atoms with Gasteiger partial charge in [-0.15, -0.1) is 0 Å². The van der Waals surface area contributed by atoms with Gasteiger partial charge in [0.25, 0.3) is 0 Å². The van der Waals surface area contributed by atoms with Crippen molar-refractivity contribution in [1.29, 1.82) is 0 Å². The predicted molar refractivity (Wildman–Crippen MR) is 123 cm³/mol. The van der Waals surface area contributed by atoms with Crippen molar-refractivity contribution in [3.8, 4) is 16.9 Å². The van der Waals surface area contributed by atoms with Crippen LogP contribution in [0.25, 0.3) is 27.7 Å². The van der Waals surface area contributed by atoms with Crippen LogP contribution in [0.1, 0.15) is 24.5 Å². The van der Waals surface area contributed by atoms with Crippen LogP contribution in [0.2, 0.25) is 0 Å². The summed E-state index contributed by atoms with van der Waals surface area (Å²) < 4.78 is 11.6. The maximum Gasteiger partial charge on any atom is 0.244 e. The van der Waals surface area contributed by atoms with E-state index in [0.717, 1.165) is 57.5 Å². The van der Waals surface area contributed by atoms with Crippen molar-refractivity contribution < 1.29 is 13.9 Å². The number of hydrogen-bond donors (Lipinski definition) is 1. The third-order valence-electron chi connectivity index (χ3n) is 5.19. The van der Waals surface area contributed by atoms with E-state index < -0.39 is 0 Å². The molecule has 1 heterocycles. The molecule has 0 unspecified atom stereocenters. The van der Waals surface area contributed by atoms with Gasteiger partial charge >= 0.3 is 0 Å². The lowest BCUT2D eigenvalue weighted by molar-refractivity contribution is -0.116. The standard InChI is InChI=1S/C25H30N2O3/c1-17(14-23(28)26-12-9-13-27(3)4)20-15-21-22(19-10-7-6-8-11-19)16-30-25(21)18(2)24(20)29-5/h6-8,10-11,14-16H,9,12-13H2,1-5H3,(H,26,28)/b17-14+. The highest BCUT2D eigenvalue weighted by Crippen LogP contribution is 2.40. The molecule has 0 spiro atoms. The molecule has 0 aliphatic carbocycles. The maximum absolute atomic E-state index is 12.4. The highest BCUT2D eigenvalue weighted by atomic mass is 16.5. The molecule has 0 saturated carbocycles. The molecule has 1 amide bonds. The molecule has 0 saturated heterocycles. The first-order valence-electron chi connectivity index (χ1n) is 10.2. The molecular formula is C25H30N2O3. The largest absolute Gasteiger partial charge is 0.496 e. The quantitative estimate of drug-likeness (QED) is 0.428. The van der Waals surface area contributed by atoms with Crippen molar-refractivity contribution in [2.75, 3.05) is 34.3 Å². The molecule has 5 heteroatoms. The van der Waals surface area contributed by atoms with Crippen LogP contribution < -0.4 is 10.1 Å². The summed E-state index contributed by atoms with van der Waals surface area (Å²) in [6.45, 7) is 5.51. The van der Waals surface area contributed by atoms with Gasteiger partial charge in [0.05, 0.1) is 13.4 Å². The first-order chi connectivity index (χ1) is 14.4. The summed E-state index contributed by atoms with van der Waals surface area (Å²) in [5.41, 5.74) is 5.58. The fraction of sp³-hybridized carbons (Fsp3) is 0.320. The smallest absolute Gasteiger partial charge is 0.244 e. The van der Waals surface area contributed by atoms with Crippen LogP contribution in [-0.4, -0.2) is 45.1 Å². The molecule has 0 atom stereocenters. The summed E-state index contributed by atoms with van der Waals surface area (Å²) in [6.07, 6.45) is 4.34. The molecule has 1 N–H and O–H groups in total. The molecule has 3 aromatic rings. The maximum atomic E-state index is 12.4. The summed E-state index contributed by atoms with van der Waals surface area (Å²) in [6, 6.07) is 12.2. The molecule has 3 rings (SSSR count). The van der Waals surface area contributed by atoms with Crippen molar-refractivity contribution in [3.05, 3.63) is 59.9 Å². The highest BCUT2D eigenvalue weighted by Gasteiger charge is 2.18. The van der Waals surface area contributed by atoms with E-state index in [1.54, 1.807) is 19.4 Å². The molecule has 0 aliphatic rings. The highest BCUT2D eigenvalue weighted by molar-refractivity contribution is 6.01. The third kappa shape index (κ3) is 4.74. The molecule has 30 heavy (non-hydrogen) atoms. The summed E-state index contributed by atoms with van der Waals surface area (Å²) >= 11 is 0. The van der Waals surface area contributed by atoms with Gasteiger partial charge in [-0.05, 0) is 58.1 Å². The number of amides is 1. The Morgan fingerprint density at radius 1 is 1.23 bits per heavy atom. The molecule has 1 aromatic heterocycles. The minimum atomic E-state index is -0.0958. The number of nitrogens with zero attached hydrogens (tertiary/aromatic N) is 1. The van der Waals surface area contributed by atoms with Crippen molar-refractivity contribution in [3.63, 3.8) is 0 Å². The zero-order valence-corrected chi connectivity index (χ0v) is 18.4. The van der Waals surface area contributed by atoms with Gasteiger partial charge in [0.15, 0.2) is 0 Å². The molecule has 2 aromatic carbocycles. The number of aryl methyl sites for hydroxylation is 1. The number of rotatable bonds is 8. The van der Waals surface area contributed by atoms with Gasteiger partial charge in [-0.2, -0.15) is 0 Å². The number of carbonyl (C=O) groups is 1. The Labute approximate surface area is 178 Å². The van der Waals surface area contributed by atoms with E-state index in [4.69, 9.17) is 9.15 Å². The van der Waals surface area contributed by atoms with Gasteiger partial charge in [0.2, 0.25) is 5.91 Å². The van der Waals surface area contributed by atoms with Crippen molar-refractivity contribution in [1.82, 2.24) is 10.2 Å². The Bertz CT molecular complexity index is 1050. The molecule has 0 aliphatic heterocycles. The van der Waals surface area contributed by atoms with E-state index in [1.807, 2.05) is 46.1 Å². The van der Waals surface area contributed by atoms with Gasteiger partial charge in [0, 0.05) is 34.7 Å². The Kier molecular flexibility index (Phi) is 6.95. The number of benzene rings is 2. The second kappa shape index (κ2) is 9.63. The van der Waals surface area contributed by atoms with Crippen LogP contribution in [0.4, 0.5) is 0 Å². The first-order valence-corrected chi connectivity index (χ1v) is 10.2. The second-order valence-electron chi connectivity index (χ2n) is 7.75. The normalized spacial score (nSPS) is 11.9. The molecular weight excluding hydrogens is 376 g/mol. The van der Waals surface area contributed by atoms with Gasteiger partial charge in [-0.1, -0.05) is 30.3 Å². The zero-order valence-electron chi connectivity index (χ0n) is 18.4. The number of nitrogens with one attached hydrogen (secondary N) is 1. The SMILES string of the molecule is COc1c(/C(C)=C/C(=O)NCCCN(C)C)cc2c(-c3ccccc3)coc2c1C. The van der Waals surface area contributed by atoms with E-state index in [0.29, 0.717) is 6.54 Å². The molecule has 158 valence electrons. The number of methoxy groups -OCH3 is 1. The second-order valence-corrected chi connectivity index (χ2v) is 7.75. The number of fused-ring (bicyclic) bond motifs is 1. The van der Waals surface area contributed by atoms with Gasteiger partial charge < -0.3 is 19.4 Å². The monoisotopic (exact) mass is 406 g/mol. The summed E-state index contributed by atoms with van der Waals surface area (Å²) in [4.78, 5) is 14.5. The summed E-state index contributed by atoms with van der Waals surface area (Å²) in [7, 11) is 5.69. The Morgan fingerprint density at radius 2 is 1.97 bits per heavy atom. The lowest BCUT2D eigenvalue weighted by atomic mass is 9.96. The molecule has 0 fully saturated rings. The lowest BCUT2D eigenvalue weighted by Gasteiger charge is -2.13. The lowest BCUT2D eigenvalue weighted by Crippen LogP contribution is -2.25. The minimum absolute atomic E-state index is 0.0958. The van der Waals surface area contributed by atoms with Gasteiger partial charge in [0.1, 0.15) is 11.3 Å². The summed E-state index contributed by atoms with van der Waals surface area (Å²) in [5, 5.41) is 3.97. The van der Waals surface area contributed by atoms with Crippen LogP contribution in [0.3, 0.4) is 0 Å².